The molecule has 26 heavy (non-hydrogen) atoms. The third-order valence-electron chi connectivity index (χ3n) is 4.21. The molecule has 1 aromatic heterocycles. The first kappa shape index (κ1) is 15.9. The van der Waals surface area contributed by atoms with E-state index in [2.05, 4.69) is 5.32 Å². The molecular weight excluding hydrogens is 338 g/mol. The van der Waals surface area contributed by atoms with Crippen LogP contribution in [0.1, 0.15) is 5.56 Å². The van der Waals surface area contributed by atoms with Gasteiger partial charge in [-0.2, -0.15) is 0 Å². The van der Waals surface area contributed by atoms with E-state index in [0.717, 1.165) is 16.5 Å². The van der Waals surface area contributed by atoms with Crippen LogP contribution in [-0.2, 0) is 17.9 Å². The Kier molecular flexibility index (Phi) is 3.92. The Hall–Kier alpha value is -3.55. The van der Waals surface area contributed by atoms with Crippen LogP contribution >= 0.6 is 0 Å². The third-order valence-corrected chi connectivity index (χ3v) is 4.21. The van der Waals surface area contributed by atoms with Crippen LogP contribution in [0.5, 0.6) is 11.5 Å². The van der Waals surface area contributed by atoms with Gasteiger partial charge < -0.3 is 19.4 Å². The molecule has 2 aromatic carbocycles. The average Bonchev–Trinajstić information content (AvgIpc) is 3.26. The van der Waals surface area contributed by atoms with Crippen molar-refractivity contribution in [3.63, 3.8) is 0 Å². The third kappa shape index (κ3) is 3.04. The highest BCUT2D eigenvalue weighted by atomic mass is 16.7. The van der Waals surface area contributed by atoms with Crippen LogP contribution in [-0.4, -0.2) is 22.2 Å². The summed E-state index contributed by atoms with van der Waals surface area (Å²) in [6.07, 6.45) is 1.74. The molecule has 1 aliphatic heterocycles. The molecule has 8 nitrogen and oxygen atoms in total. The number of nitrogens with zero attached hydrogens (tertiary/aromatic N) is 2. The Labute approximate surface area is 148 Å². The fourth-order valence-electron chi connectivity index (χ4n) is 2.90. The lowest BCUT2D eigenvalue weighted by molar-refractivity contribution is -0.384. The summed E-state index contributed by atoms with van der Waals surface area (Å²) in [5.74, 6) is 1.22. The molecule has 0 radical (unpaired) electrons. The molecule has 2 heterocycles. The maximum atomic E-state index is 12.2. The second kappa shape index (κ2) is 6.40. The van der Waals surface area contributed by atoms with Crippen molar-refractivity contribution >= 4 is 22.5 Å². The van der Waals surface area contributed by atoms with Gasteiger partial charge in [0, 0.05) is 35.8 Å². The van der Waals surface area contributed by atoms with Crippen molar-refractivity contribution in [3.8, 4) is 11.5 Å². The first-order chi connectivity index (χ1) is 12.6. The number of carbonyl (C=O) groups is 1. The molecule has 0 aliphatic carbocycles. The summed E-state index contributed by atoms with van der Waals surface area (Å²) in [6.45, 7) is 0.718. The molecule has 0 saturated carbocycles. The average molecular weight is 353 g/mol. The van der Waals surface area contributed by atoms with E-state index in [1.54, 1.807) is 22.9 Å². The first-order valence-electron chi connectivity index (χ1n) is 7.99. The van der Waals surface area contributed by atoms with Crippen molar-refractivity contribution in [2.24, 2.45) is 0 Å². The number of carbonyl (C=O) groups excluding carboxylic acids is 1. The fraction of sp³-hybridized carbons (Fsp3) is 0.167. The summed E-state index contributed by atoms with van der Waals surface area (Å²) in [6, 6.07) is 11.9. The van der Waals surface area contributed by atoms with E-state index in [9.17, 15) is 14.9 Å². The molecule has 0 bridgehead atoms. The smallest absolute Gasteiger partial charge is 0.270 e. The van der Waals surface area contributed by atoms with Gasteiger partial charge in [0.1, 0.15) is 6.54 Å². The number of amides is 1. The minimum atomic E-state index is -0.436. The van der Waals surface area contributed by atoms with E-state index in [1.165, 1.54) is 12.1 Å². The predicted octanol–water partition coefficient (Wildman–Crippen LogP) is 2.59. The standard InChI is InChI=1S/C18H15N3O5/c22-18(19-9-12-1-4-16-17(7-12)26-11-25-16)10-20-6-5-13-8-14(21(23)24)2-3-15(13)20/h1-8H,9-11H2,(H,19,22). The van der Waals surface area contributed by atoms with Crippen molar-refractivity contribution in [3.05, 3.63) is 64.3 Å². The summed E-state index contributed by atoms with van der Waals surface area (Å²) in [5.41, 5.74) is 1.71. The topological polar surface area (TPSA) is 95.6 Å². The molecule has 3 aromatic rings. The van der Waals surface area contributed by atoms with Gasteiger partial charge in [-0.05, 0) is 29.8 Å². The molecule has 8 heteroatoms. The summed E-state index contributed by atoms with van der Waals surface area (Å²) in [7, 11) is 0. The van der Waals surface area contributed by atoms with Crippen LogP contribution in [0.15, 0.2) is 48.7 Å². The second-order valence-corrected chi connectivity index (χ2v) is 5.91. The Morgan fingerprint density at radius 3 is 2.85 bits per heavy atom. The first-order valence-corrected chi connectivity index (χ1v) is 7.99. The monoisotopic (exact) mass is 353 g/mol. The molecule has 0 saturated heterocycles. The van der Waals surface area contributed by atoms with Crippen molar-refractivity contribution in [2.75, 3.05) is 6.79 Å². The van der Waals surface area contributed by atoms with E-state index >= 15 is 0 Å². The molecule has 1 amide bonds. The van der Waals surface area contributed by atoms with Gasteiger partial charge in [0.05, 0.1) is 4.92 Å². The zero-order valence-electron chi connectivity index (χ0n) is 13.7. The number of rotatable bonds is 5. The van der Waals surface area contributed by atoms with Crippen LogP contribution in [0.2, 0.25) is 0 Å². The van der Waals surface area contributed by atoms with E-state index in [0.29, 0.717) is 18.0 Å². The van der Waals surface area contributed by atoms with Crippen molar-refractivity contribution in [1.82, 2.24) is 9.88 Å². The number of nitro groups is 1. The van der Waals surface area contributed by atoms with Crippen LogP contribution in [0.3, 0.4) is 0 Å². The Morgan fingerprint density at radius 2 is 2.00 bits per heavy atom. The van der Waals surface area contributed by atoms with Crippen molar-refractivity contribution in [2.45, 2.75) is 13.1 Å². The van der Waals surface area contributed by atoms with Crippen LogP contribution in [0.4, 0.5) is 5.69 Å². The van der Waals surface area contributed by atoms with Gasteiger partial charge >= 0.3 is 0 Å². The van der Waals surface area contributed by atoms with E-state index in [4.69, 9.17) is 9.47 Å². The number of nitrogens with one attached hydrogen (secondary N) is 1. The Bertz CT molecular complexity index is 1010. The molecule has 0 spiro atoms. The quantitative estimate of drug-likeness (QED) is 0.562. The van der Waals surface area contributed by atoms with Gasteiger partial charge in [0.25, 0.3) is 5.69 Å². The van der Waals surface area contributed by atoms with E-state index in [-0.39, 0.29) is 24.9 Å². The molecule has 1 aliphatic rings. The Balaban J connectivity index is 1.42. The highest BCUT2D eigenvalue weighted by molar-refractivity contribution is 5.85. The fourth-order valence-corrected chi connectivity index (χ4v) is 2.90. The number of nitro benzene ring substituents is 1. The minimum absolute atomic E-state index is 0.0301. The number of hydrogen-bond acceptors (Lipinski definition) is 5. The SMILES string of the molecule is O=C(Cn1ccc2cc([N+](=O)[O-])ccc21)NCc1ccc2c(c1)OCO2. The number of benzene rings is 2. The zero-order chi connectivity index (χ0) is 18.1. The van der Waals surface area contributed by atoms with Gasteiger partial charge in [0.15, 0.2) is 11.5 Å². The maximum Gasteiger partial charge on any atom is 0.270 e. The van der Waals surface area contributed by atoms with Crippen molar-refractivity contribution < 1.29 is 19.2 Å². The molecule has 0 atom stereocenters. The lowest BCUT2D eigenvalue weighted by atomic mass is 10.2. The second-order valence-electron chi connectivity index (χ2n) is 5.91. The molecule has 4 rings (SSSR count). The van der Waals surface area contributed by atoms with Crippen LogP contribution in [0.25, 0.3) is 10.9 Å². The summed E-state index contributed by atoms with van der Waals surface area (Å²) in [4.78, 5) is 22.6. The zero-order valence-corrected chi connectivity index (χ0v) is 13.7. The highest BCUT2D eigenvalue weighted by Crippen LogP contribution is 2.32. The Morgan fingerprint density at radius 1 is 1.15 bits per heavy atom. The normalized spacial score (nSPS) is 12.3. The van der Waals surface area contributed by atoms with Gasteiger partial charge in [-0.25, -0.2) is 0 Å². The maximum absolute atomic E-state index is 12.2. The number of ether oxygens (including phenoxy) is 2. The lowest BCUT2D eigenvalue weighted by Gasteiger charge is -2.08. The number of non-ortho nitro benzene ring substituents is 1. The van der Waals surface area contributed by atoms with E-state index in [1.807, 2.05) is 18.2 Å². The van der Waals surface area contributed by atoms with Gasteiger partial charge in [-0.15, -0.1) is 0 Å². The summed E-state index contributed by atoms with van der Waals surface area (Å²) >= 11 is 0. The van der Waals surface area contributed by atoms with Gasteiger partial charge in [0.2, 0.25) is 12.7 Å². The van der Waals surface area contributed by atoms with Gasteiger partial charge in [-0.3, -0.25) is 14.9 Å². The van der Waals surface area contributed by atoms with Gasteiger partial charge in [-0.1, -0.05) is 6.07 Å². The summed E-state index contributed by atoms with van der Waals surface area (Å²) < 4.78 is 12.3. The minimum Gasteiger partial charge on any atom is -0.454 e. The molecule has 0 fully saturated rings. The molecule has 1 N–H and O–H groups in total. The van der Waals surface area contributed by atoms with Crippen molar-refractivity contribution in [1.29, 1.82) is 0 Å². The molecule has 132 valence electrons. The lowest BCUT2D eigenvalue weighted by Crippen LogP contribution is -2.26. The molecular formula is C18H15N3O5. The number of fused-ring (bicyclic) bond motifs is 2. The summed E-state index contributed by atoms with van der Waals surface area (Å²) in [5, 5.41) is 14.4. The van der Waals surface area contributed by atoms with E-state index < -0.39 is 4.92 Å². The highest BCUT2D eigenvalue weighted by Gasteiger charge is 2.14. The molecule has 0 unspecified atom stereocenters. The van der Waals surface area contributed by atoms with Crippen LogP contribution in [0, 0.1) is 10.1 Å². The number of aromatic nitrogens is 1. The number of hydrogen-bond donors (Lipinski definition) is 1. The van der Waals surface area contributed by atoms with Crippen LogP contribution < -0.4 is 14.8 Å². The largest absolute Gasteiger partial charge is 0.454 e. The predicted molar refractivity (Wildman–Crippen MR) is 93.0 cm³/mol.